The van der Waals surface area contributed by atoms with E-state index in [0.717, 1.165) is 33.9 Å². The van der Waals surface area contributed by atoms with E-state index in [2.05, 4.69) is 10.2 Å². The summed E-state index contributed by atoms with van der Waals surface area (Å²) in [6.07, 6.45) is 0. The Balaban J connectivity index is 1.67. The number of anilines is 1. The zero-order valence-electron chi connectivity index (χ0n) is 17.1. The average molecular weight is 444 g/mol. The number of benzene rings is 3. The molecule has 1 aliphatic heterocycles. The number of nitrogens with zero attached hydrogens (tertiary/aromatic N) is 5. The van der Waals surface area contributed by atoms with Gasteiger partial charge >= 0.3 is 5.97 Å². The highest BCUT2D eigenvalue weighted by Gasteiger charge is 2.26. The van der Waals surface area contributed by atoms with Crippen molar-refractivity contribution in [3.63, 3.8) is 0 Å². The van der Waals surface area contributed by atoms with Gasteiger partial charge in [-0.25, -0.2) is 9.80 Å². The molecule has 0 fully saturated rings. The predicted octanol–water partition coefficient (Wildman–Crippen LogP) is 4.70. The number of aryl methyl sites for hydroxylation is 1. The van der Waals surface area contributed by atoms with Gasteiger partial charge in [-0.2, -0.15) is 5.10 Å². The molecule has 32 heavy (non-hydrogen) atoms. The lowest BCUT2D eigenvalue weighted by molar-refractivity contribution is 0.0697. The fraction of sp³-hybridized carbons (Fsp3) is 0.0833. The first-order valence-corrected chi connectivity index (χ1v) is 10.3. The van der Waals surface area contributed by atoms with Crippen LogP contribution in [0.5, 0.6) is 0 Å². The van der Waals surface area contributed by atoms with E-state index in [4.69, 9.17) is 16.7 Å². The summed E-state index contributed by atoms with van der Waals surface area (Å²) in [6, 6.07) is 22.3. The Labute approximate surface area is 189 Å². The van der Waals surface area contributed by atoms with Gasteiger partial charge in [0, 0.05) is 16.1 Å². The number of carboxylic acids is 1. The number of hydrogen-bond acceptors (Lipinski definition) is 5. The Morgan fingerprint density at radius 2 is 1.69 bits per heavy atom. The molecule has 0 amide bonds. The molecule has 7 nitrogen and oxygen atoms in total. The van der Waals surface area contributed by atoms with E-state index in [9.17, 15) is 9.90 Å². The van der Waals surface area contributed by atoms with Crippen LogP contribution in [-0.2, 0) is 6.54 Å². The summed E-state index contributed by atoms with van der Waals surface area (Å²) < 4.78 is 1.98. The van der Waals surface area contributed by atoms with Crippen LogP contribution >= 0.6 is 11.6 Å². The minimum absolute atomic E-state index is 0.237. The normalized spacial score (nSPS) is 12.6. The van der Waals surface area contributed by atoms with Gasteiger partial charge in [-0.3, -0.25) is 4.57 Å². The molecule has 4 aromatic rings. The van der Waals surface area contributed by atoms with Gasteiger partial charge in [-0.1, -0.05) is 54.1 Å². The molecule has 158 valence electrons. The molecule has 0 radical (unpaired) electrons. The predicted molar refractivity (Wildman–Crippen MR) is 123 cm³/mol. The first kappa shape index (κ1) is 20.0. The molecule has 1 N–H and O–H groups in total. The first-order valence-electron chi connectivity index (χ1n) is 9.97. The number of hydrazone groups is 1. The Hall–Kier alpha value is -3.97. The maximum atomic E-state index is 11.2. The fourth-order valence-corrected chi connectivity index (χ4v) is 3.87. The van der Waals surface area contributed by atoms with Crippen LogP contribution in [0.4, 0.5) is 5.95 Å². The Bertz CT molecular complexity index is 1340. The van der Waals surface area contributed by atoms with Gasteiger partial charge in [0.25, 0.3) is 5.95 Å². The second-order valence-corrected chi connectivity index (χ2v) is 7.85. The third kappa shape index (κ3) is 3.52. The van der Waals surface area contributed by atoms with Crippen LogP contribution in [-0.4, -0.2) is 31.6 Å². The summed E-state index contributed by atoms with van der Waals surface area (Å²) >= 11 is 6.12. The van der Waals surface area contributed by atoms with Crippen molar-refractivity contribution in [2.45, 2.75) is 13.5 Å². The van der Waals surface area contributed by atoms with Gasteiger partial charge < -0.3 is 5.11 Å². The Kier molecular flexibility index (Phi) is 4.95. The van der Waals surface area contributed by atoms with E-state index in [0.29, 0.717) is 17.5 Å². The number of aromatic carboxylic acids is 1. The highest BCUT2D eigenvalue weighted by Crippen LogP contribution is 2.30. The number of rotatable bonds is 4. The van der Waals surface area contributed by atoms with Crippen molar-refractivity contribution < 1.29 is 9.90 Å². The van der Waals surface area contributed by atoms with Crippen molar-refractivity contribution in [2.75, 3.05) is 5.01 Å². The van der Waals surface area contributed by atoms with Crippen LogP contribution in [0, 0.1) is 6.92 Å². The quantitative estimate of drug-likeness (QED) is 0.494. The molecule has 0 atom stereocenters. The summed E-state index contributed by atoms with van der Waals surface area (Å²) in [7, 11) is 0. The number of aromatic nitrogens is 3. The molecule has 3 aromatic carbocycles. The molecule has 1 aliphatic rings. The zero-order valence-corrected chi connectivity index (χ0v) is 17.9. The smallest absolute Gasteiger partial charge is 0.335 e. The molecule has 8 heteroatoms. The summed E-state index contributed by atoms with van der Waals surface area (Å²) in [5, 5.41) is 25.3. The Morgan fingerprint density at radius 3 is 2.41 bits per heavy atom. The summed E-state index contributed by atoms with van der Waals surface area (Å²) in [6.45, 7) is 2.30. The molecule has 0 spiro atoms. The maximum Gasteiger partial charge on any atom is 0.335 e. The standard InChI is InChI=1S/C24H18ClN5O2/c1-15-26-27-24-29(14-16-6-8-18(9-7-16)23(31)32)28-22(17-10-12-19(25)13-11-17)20-4-2-3-5-21(20)30(15)24/h2-13H,14H2,1H3,(H,31,32). The number of carboxylic acid groups (broad SMARTS) is 1. The number of para-hydroxylation sites is 1. The lowest BCUT2D eigenvalue weighted by atomic mass is 10.0. The number of fused-ring (bicyclic) bond motifs is 3. The van der Waals surface area contributed by atoms with Crippen molar-refractivity contribution in [3.8, 4) is 5.69 Å². The monoisotopic (exact) mass is 443 g/mol. The number of hydrogen-bond donors (Lipinski definition) is 1. The van der Waals surface area contributed by atoms with Crippen LogP contribution in [0.2, 0.25) is 5.02 Å². The summed E-state index contributed by atoms with van der Waals surface area (Å²) in [4.78, 5) is 11.2. The molecule has 0 saturated carbocycles. The van der Waals surface area contributed by atoms with Gasteiger partial charge in [0.1, 0.15) is 11.5 Å². The summed E-state index contributed by atoms with van der Waals surface area (Å²) in [5.41, 5.74) is 4.72. The lowest BCUT2D eigenvalue weighted by Gasteiger charge is -2.18. The van der Waals surface area contributed by atoms with Gasteiger partial charge in [0.05, 0.1) is 17.8 Å². The number of carbonyl (C=O) groups is 1. The van der Waals surface area contributed by atoms with Crippen molar-refractivity contribution in [1.29, 1.82) is 0 Å². The highest BCUT2D eigenvalue weighted by atomic mass is 35.5. The van der Waals surface area contributed by atoms with Gasteiger partial charge in [-0.05, 0) is 42.8 Å². The topological polar surface area (TPSA) is 83.6 Å². The third-order valence-corrected chi connectivity index (χ3v) is 5.56. The molecule has 1 aromatic heterocycles. The molecular formula is C24H18ClN5O2. The zero-order chi connectivity index (χ0) is 22.2. The minimum Gasteiger partial charge on any atom is -0.478 e. The molecule has 5 rings (SSSR count). The Morgan fingerprint density at radius 1 is 0.969 bits per heavy atom. The van der Waals surface area contributed by atoms with Crippen molar-refractivity contribution in [2.24, 2.45) is 5.10 Å². The largest absolute Gasteiger partial charge is 0.478 e. The van der Waals surface area contributed by atoms with Crippen LogP contribution in [0.15, 0.2) is 77.9 Å². The van der Waals surface area contributed by atoms with E-state index in [1.54, 1.807) is 29.3 Å². The van der Waals surface area contributed by atoms with Crippen molar-refractivity contribution in [3.05, 3.63) is 106 Å². The molecular weight excluding hydrogens is 426 g/mol. The molecule has 2 heterocycles. The average Bonchev–Trinajstić information content (AvgIpc) is 3.12. The van der Waals surface area contributed by atoms with Crippen molar-refractivity contribution >= 4 is 29.2 Å². The van der Waals surface area contributed by atoms with E-state index in [-0.39, 0.29) is 5.56 Å². The molecule has 0 aliphatic carbocycles. The second-order valence-electron chi connectivity index (χ2n) is 7.41. The van der Waals surface area contributed by atoms with Crippen LogP contribution in [0.25, 0.3) is 5.69 Å². The van der Waals surface area contributed by atoms with Crippen molar-refractivity contribution in [1.82, 2.24) is 14.8 Å². The SMILES string of the molecule is Cc1nnc2n1-c1ccccc1C(c1ccc(Cl)cc1)=NN2Cc1ccc(C(=O)O)cc1. The van der Waals surface area contributed by atoms with Gasteiger partial charge in [0.15, 0.2) is 0 Å². The van der Waals surface area contributed by atoms with Gasteiger partial charge in [-0.15, -0.1) is 10.2 Å². The number of halogens is 1. The van der Waals surface area contributed by atoms with E-state index in [1.807, 2.05) is 60.0 Å². The maximum absolute atomic E-state index is 11.2. The van der Waals surface area contributed by atoms with Crippen LogP contribution in [0.1, 0.15) is 32.9 Å². The van der Waals surface area contributed by atoms with Crippen LogP contribution in [0.3, 0.4) is 0 Å². The second kappa shape index (κ2) is 7.94. The van der Waals surface area contributed by atoms with Crippen LogP contribution < -0.4 is 5.01 Å². The highest BCUT2D eigenvalue weighted by molar-refractivity contribution is 6.30. The minimum atomic E-state index is -0.958. The third-order valence-electron chi connectivity index (χ3n) is 5.31. The first-order chi connectivity index (χ1) is 15.5. The molecule has 0 unspecified atom stereocenters. The molecule has 0 saturated heterocycles. The van der Waals surface area contributed by atoms with E-state index < -0.39 is 5.97 Å². The van der Waals surface area contributed by atoms with E-state index >= 15 is 0 Å². The molecule has 0 bridgehead atoms. The lowest BCUT2D eigenvalue weighted by Crippen LogP contribution is -2.20. The summed E-state index contributed by atoms with van der Waals surface area (Å²) in [5.74, 6) is 0.368. The van der Waals surface area contributed by atoms with Gasteiger partial charge in [0.2, 0.25) is 0 Å². The van der Waals surface area contributed by atoms with E-state index in [1.165, 1.54) is 0 Å². The fourth-order valence-electron chi connectivity index (χ4n) is 3.74.